The minimum atomic E-state index is -1.28. The molecule has 0 fully saturated rings. The van der Waals surface area contributed by atoms with Gasteiger partial charge in [-0.25, -0.2) is 4.79 Å². The molecular formula is C24H34N6O6S2. The SMILES string of the molecule is CSCCC(N)C(=O)NC(CCC(N)=O)C(=O)NC(Cc1c[nH]c2ccccc12)C(=O)NC(CS)C(=O)O. The van der Waals surface area contributed by atoms with Gasteiger partial charge in [0.25, 0.3) is 0 Å². The van der Waals surface area contributed by atoms with Gasteiger partial charge < -0.3 is 37.5 Å². The number of carbonyl (C=O) groups excluding carboxylic acids is 4. The molecule has 0 saturated carbocycles. The number of carboxylic acids is 1. The zero-order valence-corrected chi connectivity index (χ0v) is 22.6. The number of para-hydroxylation sites is 1. The monoisotopic (exact) mass is 566 g/mol. The summed E-state index contributed by atoms with van der Waals surface area (Å²) in [5.74, 6) is -3.56. The van der Waals surface area contributed by atoms with Crippen molar-refractivity contribution in [2.75, 3.05) is 17.8 Å². The summed E-state index contributed by atoms with van der Waals surface area (Å²) in [6, 6.07) is 2.80. The van der Waals surface area contributed by atoms with Crippen molar-refractivity contribution in [3.05, 3.63) is 36.0 Å². The van der Waals surface area contributed by atoms with Crippen molar-refractivity contribution in [1.29, 1.82) is 0 Å². The Kier molecular flexibility index (Phi) is 12.4. The third-order valence-electron chi connectivity index (χ3n) is 5.81. The average molecular weight is 567 g/mol. The molecule has 14 heteroatoms. The molecule has 2 aromatic rings. The number of primary amides is 1. The molecule has 2 rings (SSSR count). The first-order valence-corrected chi connectivity index (χ1v) is 13.9. The Labute approximate surface area is 229 Å². The molecule has 0 aliphatic rings. The predicted molar refractivity (Wildman–Crippen MR) is 149 cm³/mol. The lowest BCUT2D eigenvalue weighted by atomic mass is 10.0. The Balaban J connectivity index is 2.29. The standard InChI is InChI=1S/C24H34N6O6S2/c1-38-9-8-15(25)21(32)28-17(6-7-20(26)31)22(33)29-18(23(34)30-19(12-37)24(35)36)10-13-11-27-16-5-3-2-4-14(13)16/h2-5,11,15,17-19,27,37H,6-10,12,25H2,1H3,(H2,26,31)(H,28,32)(H,29,33)(H,30,34)(H,35,36). The van der Waals surface area contributed by atoms with E-state index in [1.807, 2.05) is 30.5 Å². The van der Waals surface area contributed by atoms with Crippen LogP contribution in [0.3, 0.4) is 0 Å². The van der Waals surface area contributed by atoms with Crippen LogP contribution in [0.4, 0.5) is 0 Å². The highest BCUT2D eigenvalue weighted by atomic mass is 32.2. The van der Waals surface area contributed by atoms with E-state index >= 15 is 0 Å². The summed E-state index contributed by atoms with van der Waals surface area (Å²) in [5, 5.41) is 17.7. The lowest BCUT2D eigenvalue weighted by molar-refractivity contribution is -0.141. The Hall–Kier alpha value is -3.23. The molecule has 4 unspecified atom stereocenters. The van der Waals surface area contributed by atoms with E-state index in [1.165, 1.54) is 11.8 Å². The number of H-pyrrole nitrogens is 1. The van der Waals surface area contributed by atoms with Gasteiger partial charge in [0.05, 0.1) is 6.04 Å². The van der Waals surface area contributed by atoms with Gasteiger partial charge in [0.2, 0.25) is 23.6 Å². The molecule has 1 heterocycles. The largest absolute Gasteiger partial charge is 0.480 e. The van der Waals surface area contributed by atoms with Crippen molar-refractivity contribution in [2.45, 2.75) is 49.9 Å². The van der Waals surface area contributed by atoms with Crippen LogP contribution in [0.15, 0.2) is 30.5 Å². The Morgan fingerprint density at radius 2 is 1.63 bits per heavy atom. The zero-order chi connectivity index (χ0) is 28.2. The number of aromatic nitrogens is 1. The van der Waals surface area contributed by atoms with E-state index in [0.717, 1.165) is 10.9 Å². The summed E-state index contributed by atoms with van der Waals surface area (Å²) in [5.41, 5.74) is 12.7. The highest BCUT2D eigenvalue weighted by Crippen LogP contribution is 2.19. The number of aromatic amines is 1. The molecule has 0 radical (unpaired) electrons. The lowest BCUT2D eigenvalue weighted by Crippen LogP contribution is -2.58. The van der Waals surface area contributed by atoms with Crippen molar-refractivity contribution in [3.63, 3.8) is 0 Å². The number of nitrogens with one attached hydrogen (secondary N) is 4. The number of thioether (sulfide) groups is 1. The highest BCUT2D eigenvalue weighted by molar-refractivity contribution is 7.98. The van der Waals surface area contributed by atoms with Crippen LogP contribution in [-0.4, -0.2) is 81.6 Å². The molecule has 0 saturated heterocycles. The van der Waals surface area contributed by atoms with Crippen LogP contribution in [0.5, 0.6) is 0 Å². The molecule has 0 aliphatic heterocycles. The normalized spacial score (nSPS) is 14.2. The van der Waals surface area contributed by atoms with Gasteiger partial charge in [-0.3, -0.25) is 19.2 Å². The van der Waals surface area contributed by atoms with Gasteiger partial charge in [0, 0.05) is 35.7 Å². The number of carboxylic acid groups (broad SMARTS) is 1. The van der Waals surface area contributed by atoms with Crippen molar-refractivity contribution >= 4 is 64.9 Å². The number of hydrogen-bond acceptors (Lipinski definition) is 8. The number of thiol groups is 1. The fourth-order valence-corrected chi connectivity index (χ4v) is 4.41. The number of fused-ring (bicyclic) bond motifs is 1. The zero-order valence-electron chi connectivity index (χ0n) is 20.9. The van der Waals surface area contributed by atoms with Gasteiger partial charge >= 0.3 is 5.97 Å². The minimum Gasteiger partial charge on any atom is -0.480 e. The molecule has 0 bridgehead atoms. The predicted octanol–water partition coefficient (Wildman–Crippen LogP) is -0.475. The molecule has 12 nitrogen and oxygen atoms in total. The van der Waals surface area contributed by atoms with Crippen LogP contribution in [0, 0.1) is 0 Å². The second-order valence-corrected chi connectivity index (χ2v) is 10.0. The first-order valence-electron chi connectivity index (χ1n) is 11.9. The van der Waals surface area contributed by atoms with Crippen LogP contribution < -0.4 is 27.4 Å². The van der Waals surface area contributed by atoms with E-state index in [4.69, 9.17) is 11.5 Å². The van der Waals surface area contributed by atoms with E-state index < -0.39 is 53.8 Å². The van der Waals surface area contributed by atoms with Gasteiger partial charge in [0.1, 0.15) is 18.1 Å². The average Bonchev–Trinajstić information content (AvgIpc) is 3.29. The van der Waals surface area contributed by atoms with E-state index in [9.17, 15) is 29.1 Å². The number of nitrogens with two attached hydrogens (primary N) is 2. The molecule has 9 N–H and O–H groups in total. The topological polar surface area (TPSA) is 209 Å². The van der Waals surface area contributed by atoms with Crippen LogP contribution >= 0.6 is 24.4 Å². The summed E-state index contributed by atoms with van der Waals surface area (Å²) in [4.78, 5) is 65.0. The van der Waals surface area contributed by atoms with Gasteiger partial charge in [-0.2, -0.15) is 24.4 Å². The summed E-state index contributed by atoms with van der Waals surface area (Å²) in [6.45, 7) is 0. The molecule has 0 aliphatic carbocycles. The fraction of sp³-hybridized carbons (Fsp3) is 0.458. The van der Waals surface area contributed by atoms with Gasteiger partial charge in [-0.1, -0.05) is 18.2 Å². The maximum atomic E-state index is 13.3. The smallest absolute Gasteiger partial charge is 0.327 e. The van der Waals surface area contributed by atoms with Crippen molar-refractivity contribution in [3.8, 4) is 0 Å². The molecular weight excluding hydrogens is 532 g/mol. The number of amides is 4. The number of hydrogen-bond donors (Lipinski definition) is 8. The fourth-order valence-electron chi connectivity index (χ4n) is 3.67. The number of carbonyl (C=O) groups is 5. The summed E-state index contributed by atoms with van der Waals surface area (Å²) in [6.07, 6.45) is 3.65. The van der Waals surface area contributed by atoms with Crippen molar-refractivity contribution in [1.82, 2.24) is 20.9 Å². The maximum Gasteiger partial charge on any atom is 0.327 e. The van der Waals surface area contributed by atoms with Gasteiger partial charge in [-0.15, -0.1) is 0 Å². The second-order valence-electron chi connectivity index (χ2n) is 8.66. The van der Waals surface area contributed by atoms with Crippen LogP contribution in [-0.2, 0) is 30.4 Å². The molecule has 1 aromatic carbocycles. The molecule has 38 heavy (non-hydrogen) atoms. The third-order valence-corrected chi connectivity index (χ3v) is 6.82. The number of benzene rings is 1. The molecule has 4 atom stereocenters. The minimum absolute atomic E-state index is 0.0181. The molecule has 0 spiro atoms. The van der Waals surface area contributed by atoms with Gasteiger partial charge in [0.15, 0.2) is 0 Å². The van der Waals surface area contributed by atoms with E-state index in [1.54, 1.807) is 6.20 Å². The van der Waals surface area contributed by atoms with Crippen molar-refractivity contribution in [2.24, 2.45) is 11.5 Å². The highest BCUT2D eigenvalue weighted by Gasteiger charge is 2.31. The lowest BCUT2D eigenvalue weighted by Gasteiger charge is -2.25. The first-order chi connectivity index (χ1) is 18.1. The molecule has 1 aromatic heterocycles. The molecule has 208 valence electrons. The second kappa shape index (κ2) is 15.2. The van der Waals surface area contributed by atoms with Gasteiger partial charge in [-0.05, 0) is 36.5 Å². The Bertz CT molecular complexity index is 1140. The van der Waals surface area contributed by atoms with Crippen LogP contribution in [0.25, 0.3) is 10.9 Å². The molecule has 4 amide bonds. The van der Waals surface area contributed by atoms with E-state index in [-0.39, 0.29) is 25.0 Å². The van der Waals surface area contributed by atoms with Crippen LogP contribution in [0.2, 0.25) is 0 Å². The summed E-state index contributed by atoms with van der Waals surface area (Å²) < 4.78 is 0. The Morgan fingerprint density at radius 3 is 2.26 bits per heavy atom. The van der Waals surface area contributed by atoms with Crippen LogP contribution in [0.1, 0.15) is 24.8 Å². The van der Waals surface area contributed by atoms with E-state index in [2.05, 4.69) is 33.6 Å². The quantitative estimate of drug-likeness (QED) is 0.124. The Morgan fingerprint density at radius 1 is 1.00 bits per heavy atom. The van der Waals surface area contributed by atoms with E-state index in [0.29, 0.717) is 17.7 Å². The summed E-state index contributed by atoms with van der Waals surface area (Å²) in [7, 11) is 0. The first kappa shape index (κ1) is 31.0. The third kappa shape index (κ3) is 9.26. The maximum absolute atomic E-state index is 13.3. The number of rotatable bonds is 16. The van der Waals surface area contributed by atoms with Crippen molar-refractivity contribution < 1.29 is 29.1 Å². The number of aliphatic carboxylic acids is 1. The summed E-state index contributed by atoms with van der Waals surface area (Å²) >= 11 is 5.49.